The predicted octanol–water partition coefficient (Wildman–Crippen LogP) is 2.10. The number of aromatic nitrogens is 2. The molecule has 0 fully saturated rings. The molecule has 114 valence electrons. The van der Waals surface area contributed by atoms with Crippen molar-refractivity contribution in [2.24, 2.45) is 0 Å². The van der Waals surface area contributed by atoms with Crippen LogP contribution in [0.15, 0.2) is 24.4 Å². The molecule has 5 heteroatoms. The maximum atomic E-state index is 12.1. The second-order valence-corrected chi connectivity index (χ2v) is 5.16. The molecule has 1 amide bonds. The smallest absolute Gasteiger partial charge is 0.271 e. The van der Waals surface area contributed by atoms with Crippen molar-refractivity contribution in [1.29, 1.82) is 0 Å². The number of carbonyl (C=O) groups excluding carboxylic acids is 1. The quantitative estimate of drug-likeness (QED) is 0.794. The Balaban J connectivity index is 1.89. The Labute approximate surface area is 126 Å². The number of hydrogen-bond acceptors (Lipinski definition) is 3. The van der Waals surface area contributed by atoms with Crippen LogP contribution >= 0.6 is 0 Å². The zero-order valence-electron chi connectivity index (χ0n) is 13.1. The van der Waals surface area contributed by atoms with Crippen LogP contribution in [0, 0.1) is 6.92 Å². The molecule has 2 heterocycles. The van der Waals surface area contributed by atoms with Crippen molar-refractivity contribution in [2.75, 3.05) is 26.2 Å². The van der Waals surface area contributed by atoms with Crippen molar-refractivity contribution in [3.8, 4) is 0 Å². The van der Waals surface area contributed by atoms with Gasteiger partial charge in [0.2, 0.25) is 0 Å². The molecule has 1 N–H and O–H groups in total. The molecule has 0 spiro atoms. The Bertz CT molecular complexity index is 601. The monoisotopic (exact) mass is 288 g/mol. The molecule has 0 radical (unpaired) electrons. The van der Waals surface area contributed by atoms with Gasteiger partial charge in [0.05, 0.1) is 0 Å². The molecular formula is C16H24N4O. The fourth-order valence-electron chi connectivity index (χ4n) is 2.39. The number of pyridine rings is 1. The SMILES string of the molecule is CCN(CC)CCCNC(=O)c1cn2c(C)cccc2n1. The minimum Gasteiger partial charge on any atom is -0.351 e. The van der Waals surface area contributed by atoms with E-state index in [0.717, 1.165) is 37.4 Å². The standard InChI is InChI=1S/C16H24N4O/c1-4-19(5-2)11-7-10-17-16(21)14-12-20-13(3)8-6-9-15(20)18-14/h6,8-9,12H,4-5,7,10-11H2,1-3H3,(H,17,21). The number of fused-ring (bicyclic) bond motifs is 1. The summed E-state index contributed by atoms with van der Waals surface area (Å²) in [5.41, 5.74) is 2.36. The molecule has 2 aromatic heterocycles. The summed E-state index contributed by atoms with van der Waals surface area (Å²) >= 11 is 0. The lowest BCUT2D eigenvalue weighted by Crippen LogP contribution is -2.30. The predicted molar refractivity (Wildman–Crippen MR) is 84.7 cm³/mol. The van der Waals surface area contributed by atoms with Crippen molar-refractivity contribution >= 4 is 11.6 Å². The van der Waals surface area contributed by atoms with Crippen LogP contribution in [-0.2, 0) is 0 Å². The van der Waals surface area contributed by atoms with E-state index >= 15 is 0 Å². The first-order chi connectivity index (χ1) is 10.2. The number of carbonyl (C=O) groups is 1. The number of rotatable bonds is 7. The van der Waals surface area contributed by atoms with Crippen LogP contribution in [0.1, 0.15) is 36.5 Å². The lowest BCUT2D eigenvalue weighted by molar-refractivity contribution is 0.0947. The van der Waals surface area contributed by atoms with Gasteiger partial charge in [0, 0.05) is 18.4 Å². The molecule has 2 aromatic rings. The van der Waals surface area contributed by atoms with Gasteiger partial charge in [-0.2, -0.15) is 0 Å². The van der Waals surface area contributed by atoms with Gasteiger partial charge in [-0.05, 0) is 45.1 Å². The largest absolute Gasteiger partial charge is 0.351 e. The fourth-order valence-corrected chi connectivity index (χ4v) is 2.39. The zero-order valence-corrected chi connectivity index (χ0v) is 13.1. The minimum absolute atomic E-state index is 0.0994. The van der Waals surface area contributed by atoms with Crippen LogP contribution in [0.2, 0.25) is 0 Å². The first kappa shape index (κ1) is 15.5. The second-order valence-electron chi connectivity index (χ2n) is 5.16. The summed E-state index contributed by atoms with van der Waals surface area (Å²) < 4.78 is 1.94. The first-order valence-electron chi connectivity index (χ1n) is 7.61. The van der Waals surface area contributed by atoms with Gasteiger partial charge in [-0.15, -0.1) is 0 Å². The third kappa shape index (κ3) is 3.82. The highest BCUT2D eigenvalue weighted by atomic mass is 16.1. The maximum absolute atomic E-state index is 12.1. The van der Waals surface area contributed by atoms with E-state index in [1.165, 1.54) is 0 Å². The summed E-state index contributed by atoms with van der Waals surface area (Å²) in [4.78, 5) is 18.8. The van der Waals surface area contributed by atoms with Crippen molar-refractivity contribution in [2.45, 2.75) is 27.2 Å². The van der Waals surface area contributed by atoms with Crippen molar-refractivity contribution in [1.82, 2.24) is 19.6 Å². The molecule has 0 aliphatic rings. The summed E-state index contributed by atoms with van der Waals surface area (Å²) in [5, 5.41) is 2.94. The van der Waals surface area contributed by atoms with Gasteiger partial charge in [-0.1, -0.05) is 19.9 Å². The second kappa shape index (κ2) is 7.22. The van der Waals surface area contributed by atoms with Crippen LogP contribution < -0.4 is 5.32 Å². The first-order valence-corrected chi connectivity index (χ1v) is 7.61. The van der Waals surface area contributed by atoms with Crippen LogP contribution in [0.4, 0.5) is 0 Å². The third-order valence-corrected chi connectivity index (χ3v) is 3.76. The Kier molecular flexibility index (Phi) is 5.33. The highest BCUT2D eigenvalue weighted by molar-refractivity contribution is 5.92. The summed E-state index contributed by atoms with van der Waals surface area (Å²) in [6, 6.07) is 5.86. The Hall–Kier alpha value is -1.88. The molecule has 0 saturated carbocycles. The van der Waals surface area contributed by atoms with Crippen LogP contribution in [0.5, 0.6) is 0 Å². The minimum atomic E-state index is -0.0994. The summed E-state index contributed by atoms with van der Waals surface area (Å²) in [6.45, 7) is 10.1. The number of nitrogens with one attached hydrogen (secondary N) is 1. The lowest BCUT2D eigenvalue weighted by Gasteiger charge is -2.17. The maximum Gasteiger partial charge on any atom is 0.271 e. The van der Waals surface area contributed by atoms with Gasteiger partial charge in [0.1, 0.15) is 11.3 Å². The summed E-state index contributed by atoms with van der Waals surface area (Å²) in [5.74, 6) is -0.0994. The average Bonchev–Trinajstić information content (AvgIpc) is 2.93. The molecule has 2 rings (SSSR count). The van der Waals surface area contributed by atoms with E-state index in [1.54, 1.807) is 6.20 Å². The van der Waals surface area contributed by atoms with Crippen molar-refractivity contribution in [3.63, 3.8) is 0 Å². The average molecular weight is 288 g/mol. The molecule has 0 unspecified atom stereocenters. The molecule has 0 bridgehead atoms. The highest BCUT2D eigenvalue weighted by Crippen LogP contribution is 2.08. The molecule has 5 nitrogen and oxygen atoms in total. The number of imidazole rings is 1. The summed E-state index contributed by atoms with van der Waals surface area (Å²) in [6.07, 6.45) is 2.75. The molecule has 0 aromatic carbocycles. The van der Waals surface area contributed by atoms with Crippen LogP contribution in [0.3, 0.4) is 0 Å². The van der Waals surface area contributed by atoms with Gasteiger partial charge in [-0.3, -0.25) is 4.79 Å². The summed E-state index contributed by atoms with van der Waals surface area (Å²) in [7, 11) is 0. The highest BCUT2D eigenvalue weighted by Gasteiger charge is 2.10. The van der Waals surface area contributed by atoms with E-state index < -0.39 is 0 Å². The number of amides is 1. The molecular weight excluding hydrogens is 264 g/mol. The fraction of sp³-hybridized carbons (Fsp3) is 0.500. The van der Waals surface area contributed by atoms with Crippen LogP contribution in [-0.4, -0.2) is 46.4 Å². The van der Waals surface area contributed by atoms with E-state index in [2.05, 4.69) is 29.0 Å². The normalized spacial score (nSPS) is 11.2. The molecule has 21 heavy (non-hydrogen) atoms. The van der Waals surface area contributed by atoms with Crippen molar-refractivity contribution < 1.29 is 4.79 Å². The Morgan fingerprint density at radius 1 is 1.33 bits per heavy atom. The van der Waals surface area contributed by atoms with E-state index in [9.17, 15) is 4.79 Å². The van der Waals surface area contributed by atoms with Gasteiger partial charge in [-0.25, -0.2) is 4.98 Å². The van der Waals surface area contributed by atoms with Gasteiger partial charge in [0.25, 0.3) is 5.91 Å². The topological polar surface area (TPSA) is 49.6 Å². The third-order valence-electron chi connectivity index (χ3n) is 3.76. The van der Waals surface area contributed by atoms with Crippen LogP contribution in [0.25, 0.3) is 5.65 Å². The van der Waals surface area contributed by atoms with E-state index in [1.807, 2.05) is 29.5 Å². The van der Waals surface area contributed by atoms with E-state index in [0.29, 0.717) is 12.2 Å². The zero-order chi connectivity index (χ0) is 15.2. The van der Waals surface area contributed by atoms with Gasteiger partial charge in [0.15, 0.2) is 0 Å². The molecule has 0 saturated heterocycles. The number of nitrogens with zero attached hydrogens (tertiary/aromatic N) is 3. The van der Waals surface area contributed by atoms with Gasteiger partial charge < -0.3 is 14.6 Å². The number of hydrogen-bond donors (Lipinski definition) is 1. The molecule has 0 aliphatic heterocycles. The lowest BCUT2D eigenvalue weighted by atomic mass is 10.3. The Morgan fingerprint density at radius 3 is 2.76 bits per heavy atom. The molecule has 0 aliphatic carbocycles. The van der Waals surface area contributed by atoms with Crippen molar-refractivity contribution in [3.05, 3.63) is 35.8 Å². The Morgan fingerprint density at radius 2 is 2.10 bits per heavy atom. The van der Waals surface area contributed by atoms with Gasteiger partial charge >= 0.3 is 0 Å². The van der Waals surface area contributed by atoms with E-state index in [4.69, 9.17) is 0 Å². The van der Waals surface area contributed by atoms with E-state index in [-0.39, 0.29) is 5.91 Å². The number of aryl methyl sites for hydroxylation is 1. The molecule has 0 atom stereocenters.